The summed E-state index contributed by atoms with van der Waals surface area (Å²) in [5.41, 5.74) is 8.85. The first-order valence-electron chi connectivity index (χ1n) is 13.0. The van der Waals surface area contributed by atoms with E-state index in [4.69, 9.17) is 9.98 Å². The quantitative estimate of drug-likeness (QED) is 0.210. The van der Waals surface area contributed by atoms with Gasteiger partial charge in [-0.25, -0.2) is 0 Å². The Bertz CT molecular complexity index is 876. The van der Waals surface area contributed by atoms with Gasteiger partial charge in [0.15, 0.2) is 0 Å². The second-order valence-electron chi connectivity index (χ2n) is 8.70. The molecule has 0 aliphatic heterocycles. The lowest BCUT2D eigenvalue weighted by molar-refractivity contribution is 0.616. The van der Waals surface area contributed by atoms with Crippen molar-refractivity contribution < 1.29 is 0 Å². The van der Waals surface area contributed by atoms with Crippen LogP contribution < -0.4 is 0 Å². The normalized spacial score (nSPS) is 12.1. The zero-order valence-corrected chi connectivity index (χ0v) is 21.2. The van der Waals surface area contributed by atoms with E-state index in [0.29, 0.717) is 0 Å². The van der Waals surface area contributed by atoms with Crippen LogP contribution in [0.5, 0.6) is 0 Å². The summed E-state index contributed by atoms with van der Waals surface area (Å²) < 4.78 is 0. The van der Waals surface area contributed by atoms with Crippen molar-refractivity contribution in [1.82, 2.24) is 0 Å². The molecule has 2 heteroatoms. The van der Waals surface area contributed by atoms with E-state index in [0.717, 1.165) is 49.2 Å². The van der Waals surface area contributed by atoms with Gasteiger partial charge in [-0.1, -0.05) is 78.9 Å². The summed E-state index contributed by atoms with van der Waals surface area (Å²) in [5.74, 6) is 0. The molecule has 0 saturated heterocycles. The zero-order valence-electron chi connectivity index (χ0n) is 21.2. The van der Waals surface area contributed by atoms with Crippen molar-refractivity contribution >= 4 is 23.3 Å². The second kappa shape index (κ2) is 14.8. The van der Waals surface area contributed by atoms with Gasteiger partial charge in [-0.05, 0) is 85.0 Å². The van der Waals surface area contributed by atoms with Gasteiger partial charge in [0.1, 0.15) is 0 Å². The van der Waals surface area contributed by atoms with Crippen molar-refractivity contribution in [2.45, 2.75) is 105 Å². The number of aryl methyl sites for hydroxylation is 4. The molecule has 0 fully saturated rings. The number of hydrogen-bond donors (Lipinski definition) is 0. The standard InChI is InChI=1S/C30H44N2/c1-6-11-12-13-14-15-16-30(32-29-20-18-25(8-3)27(10-5)22-29)23-31-28-19-17-24(7-2)26(9-4)21-28/h17-23H,6-16H2,1-5H3. The number of benzene rings is 2. The van der Waals surface area contributed by atoms with Crippen molar-refractivity contribution in [1.29, 1.82) is 0 Å². The Morgan fingerprint density at radius 2 is 1.16 bits per heavy atom. The number of aliphatic imine (C=N–C) groups is 2. The molecular formula is C30H44N2. The fraction of sp³-hybridized carbons (Fsp3) is 0.533. The monoisotopic (exact) mass is 432 g/mol. The first-order chi connectivity index (χ1) is 15.6. The molecule has 2 rings (SSSR count). The van der Waals surface area contributed by atoms with Gasteiger partial charge in [0.2, 0.25) is 0 Å². The van der Waals surface area contributed by atoms with Gasteiger partial charge in [-0.15, -0.1) is 0 Å². The van der Waals surface area contributed by atoms with Gasteiger partial charge in [-0.3, -0.25) is 9.98 Å². The van der Waals surface area contributed by atoms with Crippen LogP contribution in [0.3, 0.4) is 0 Å². The van der Waals surface area contributed by atoms with Crippen LogP contribution >= 0.6 is 0 Å². The third-order valence-corrected chi connectivity index (χ3v) is 6.33. The van der Waals surface area contributed by atoms with Gasteiger partial charge in [0.05, 0.1) is 17.1 Å². The molecule has 0 aromatic heterocycles. The highest BCUT2D eigenvalue weighted by molar-refractivity contribution is 6.31. The number of rotatable bonds is 14. The van der Waals surface area contributed by atoms with Crippen molar-refractivity contribution in [3.8, 4) is 0 Å². The molecule has 0 amide bonds. The van der Waals surface area contributed by atoms with E-state index >= 15 is 0 Å². The van der Waals surface area contributed by atoms with Crippen LogP contribution in [0.25, 0.3) is 0 Å². The van der Waals surface area contributed by atoms with E-state index in [1.165, 1.54) is 60.8 Å². The Hall–Kier alpha value is -2.22. The highest BCUT2D eigenvalue weighted by Gasteiger charge is 2.04. The van der Waals surface area contributed by atoms with Gasteiger partial charge in [-0.2, -0.15) is 0 Å². The topological polar surface area (TPSA) is 24.7 Å². The van der Waals surface area contributed by atoms with Crippen molar-refractivity contribution in [2.24, 2.45) is 9.98 Å². The van der Waals surface area contributed by atoms with Crippen LogP contribution in [0.2, 0.25) is 0 Å². The molecule has 0 aliphatic carbocycles. The second-order valence-corrected chi connectivity index (χ2v) is 8.70. The summed E-state index contributed by atoms with van der Waals surface area (Å²) >= 11 is 0. The molecule has 32 heavy (non-hydrogen) atoms. The molecule has 2 aromatic rings. The highest BCUT2D eigenvalue weighted by Crippen LogP contribution is 2.22. The maximum Gasteiger partial charge on any atom is 0.0636 e. The van der Waals surface area contributed by atoms with E-state index in [1.807, 2.05) is 6.21 Å². The van der Waals surface area contributed by atoms with Crippen LogP contribution in [0.4, 0.5) is 11.4 Å². The van der Waals surface area contributed by atoms with E-state index in [-0.39, 0.29) is 0 Å². The van der Waals surface area contributed by atoms with Crippen LogP contribution in [0.1, 0.15) is 102 Å². The summed E-state index contributed by atoms with van der Waals surface area (Å²) in [4.78, 5) is 9.87. The van der Waals surface area contributed by atoms with Gasteiger partial charge >= 0.3 is 0 Å². The van der Waals surface area contributed by atoms with Crippen molar-refractivity contribution in [2.75, 3.05) is 0 Å². The Morgan fingerprint density at radius 3 is 1.75 bits per heavy atom. The predicted octanol–water partition coefficient (Wildman–Crippen LogP) is 9.16. The predicted molar refractivity (Wildman–Crippen MR) is 144 cm³/mol. The molecule has 0 heterocycles. The average molecular weight is 433 g/mol. The van der Waals surface area contributed by atoms with Gasteiger partial charge in [0, 0.05) is 6.21 Å². The summed E-state index contributed by atoms with van der Waals surface area (Å²) in [6.07, 6.45) is 15.0. The van der Waals surface area contributed by atoms with Crippen LogP contribution in [-0.2, 0) is 25.7 Å². The molecule has 174 valence electrons. The lowest BCUT2D eigenvalue weighted by Gasteiger charge is -2.08. The van der Waals surface area contributed by atoms with Crippen LogP contribution in [0.15, 0.2) is 46.4 Å². The lowest BCUT2D eigenvalue weighted by atomic mass is 10.0. The molecule has 0 spiro atoms. The first kappa shape index (κ1) is 26.0. The fourth-order valence-corrected chi connectivity index (χ4v) is 4.27. The fourth-order valence-electron chi connectivity index (χ4n) is 4.27. The molecule has 0 radical (unpaired) electrons. The van der Waals surface area contributed by atoms with Crippen molar-refractivity contribution in [3.63, 3.8) is 0 Å². The Morgan fingerprint density at radius 1 is 0.625 bits per heavy atom. The van der Waals surface area contributed by atoms with Gasteiger partial charge in [0.25, 0.3) is 0 Å². The maximum absolute atomic E-state index is 5.04. The van der Waals surface area contributed by atoms with E-state index in [1.54, 1.807) is 0 Å². The Labute approximate surface area is 197 Å². The molecule has 0 N–H and O–H groups in total. The smallest absolute Gasteiger partial charge is 0.0636 e. The van der Waals surface area contributed by atoms with Crippen LogP contribution in [-0.4, -0.2) is 11.9 Å². The highest BCUT2D eigenvalue weighted by atomic mass is 14.8. The molecular weight excluding hydrogens is 388 g/mol. The van der Waals surface area contributed by atoms with E-state index < -0.39 is 0 Å². The first-order valence-corrected chi connectivity index (χ1v) is 13.0. The third kappa shape index (κ3) is 8.37. The summed E-state index contributed by atoms with van der Waals surface area (Å²) in [7, 11) is 0. The van der Waals surface area contributed by atoms with Gasteiger partial charge < -0.3 is 0 Å². The van der Waals surface area contributed by atoms with E-state index in [9.17, 15) is 0 Å². The summed E-state index contributed by atoms with van der Waals surface area (Å²) in [6.45, 7) is 11.2. The molecule has 0 aliphatic rings. The average Bonchev–Trinajstić information content (AvgIpc) is 2.83. The zero-order chi connectivity index (χ0) is 23.2. The lowest BCUT2D eigenvalue weighted by Crippen LogP contribution is -2.00. The third-order valence-electron chi connectivity index (χ3n) is 6.33. The SMILES string of the molecule is CCCCCCCCC(C=Nc1ccc(CC)c(CC)c1)=Nc1ccc(CC)c(CC)c1. The summed E-state index contributed by atoms with van der Waals surface area (Å²) in [6, 6.07) is 13.3. The van der Waals surface area contributed by atoms with Crippen LogP contribution in [0, 0.1) is 0 Å². The maximum atomic E-state index is 5.04. The molecule has 2 aromatic carbocycles. The summed E-state index contributed by atoms with van der Waals surface area (Å²) in [5, 5.41) is 0. The Kier molecular flexibility index (Phi) is 12.0. The molecule has 0 saturated carbocycles. The largest absolute Gasteiger partial charge is 0.255 e. The number of hydrogen-bond acceptors (Lipinski definition) is 2. The Balaban J connectivity index is 2.22. The minimum absolute atomic E-state index is 0.986. The number of nitrogens with zero attached hydrogens (tertiary/aromatic N) is 2. The molecule has 0 bridgehead atoms. The van der Waals surface area contributed by atoms with E-state index in [2.05, 4.69) is 71.0 Å². The minimum atomic E-state index is 0.986. The molecule has 0 atom stereocenters. The molecule has 2 nitrogen and oxygen atoms in total. The van der Waals surface area contributed by atoms with Crippen molar-refractivity contribution in [3.05, 3.63) is 58.7 Å². The molecule has 0 unspecified atom stereocenters. The number of unbranched alkanes of at least 4 members (excludes halogenated alkanes) is 5. The minimum Gasteiger partial charge on any atom is -0.255 e.